The third kappa shape index (κ3) is 1.28. The molecular formula is C10H12N6O2. The van der Waals surface area contributed by atoms with Gasteiger partial charge in [-0.2, -0.15) is 5.10 Å². The first-order valence-corrected chi connectivity index (χ1v) is 5.68. The zero-order chi connectivity index (χ0) is 12.8. The van der Waals surface area contributed by atoms with Crippen molar-refractivity contribution in [3.63, 3.8) is 0 Å². The minimum absolute atomic E-state index is 0.448. The van der Waals surface area contributed by atoms with Crippen LogP contribution in [0.3, 0.4) is 0 Å². The number of hydrogen-bond donors (Lipinski definition) is 2. The molecule has 1 saturated carbocycles. The molecule has 1 aliphatic carbocycles. The van der Waals surface area contributed by atoms with Crippen molar-refractivity contribution in [1.82, 2.24) is 30.4 Å². The predicted molar refractivity (Wildman–Crippen MR) is 59.6 cm³/mol. The number of aromatic amines is 1. The van der Waals surface area contributed by atoms with Crippen molar-refractivity contribution in [2.24, 2.45) is 0 Å². The zero-order valence-electron chi connectivity index (χ0n) is 9.79. The number of aliphatic carboxylic acids is 1. The SMILES string of the molecule is Cc1[nH]ncc1-c1nnnn1C1(C(=O)O)CCC1. The highest BCUT2D eigenvalue weighted by Crippen LogP contribution is 2.40. The Morgan fingerprint density at radius 1 is 1.56 bits per heavy atom. The Hall–Kier alpha value is -2.25. The maximum absolute atomic E-state index is 11.5. The fraction of sp³-hybridized carbons (Fsp3) is 0.500. The third-order valence-electron chi connectivity index (χ3n) is 3.52. The van der Waals surface area contributed by atoms with Crippen molar-refractivity contribution >= 4 is 5.97 Å². The molecule has 0 bridgehead atoms. The summed E-state index contributed by atoms with van der Waals surface area (Å²) in [6.07, 6.45) is 3.58. The van der Waals surface area contributed by atoms with E-state index in [1.807, 2.05) is 6.92 Å². The first-order valence-electron chi connectivity index (χ1n) is 5.68. The fourth-order valence-electron chi connectivity index (χ4n) is 2.25. The van der Waals surface area contributed by atoms with Crippen LogP contribution >= 0.6 is 0 Å². The van der Waals surface area contributed by atoms with E-state index in [9.17, 15) is 9.90 Å². The number of hydrogen-bond acceptors (Lipinski definition) is 5. The van der Waals surface area contributed by atoms with Gasteiger partial charge >= 0.3 is 5.97 Å². The molecule has 2 aromatic heterocycles. The van der Waals surface area contributed by atoms with Crippen molar-refractivity contribution in [2.75, 3.05) is 0 Å². The van der Waals surface area contributed by atoms with E-state index in [0.29, 0.717) is 18.7 Å². The number of carbonyl (C=O) groups is 1. The standard InChI is InChI=1S/C10H12N6O2/c1-6-7(5-11-12-6)8-13-14-15-16(8)10(9(17)18)3-2-4-10/h5H,2-4H2,1H3,(H,11,12)(H,17,18). The molecule has 1 fully saturated rings. The first kappa shape index (κ1) is 10.9. The van der Waals surface area contributed by atoms with Crippen LogP contribution in [0.25, 0.3) is 11.4 Å². The maximum Gasteiger partial charge on any atom is 0.331 e. The van der Waals surface area contributed by atoms with Crippen molar-refractivity contribution in [3.05, 3.63) is 11.9 Å². The van der Waals surface area contributed by atoms with E-state index in [4.69, 9.17) is 0 Å². The molecule has 0 unspecified atom stereocenters. The largest absolute Gasteiger partial charge is 0.479 e. The number of carboxylic acids is 1. The van der Waals surface area contributed by atoms with Crippen molar-refractivity contribution < 1.29 is 9.90 Å². The van der Waals surface area contributed by atoms with E-state index in [1.165, 1.54) is 4.68 Å². The molecule has 2 aromatic rings. The van der Waals surface area contributed by atoms with Crippen molar-refractivity contribution in [1.29, 1.82) is 0 Å². The lowest BCUT2D eigenvalue weighted by Gasteiger charge is -2.37. The molecule has 0 saturated heterocycles. The number of rotatable bonds is 3. The Balaban J connectivity index is 2.13. The van der Waals surface area contributed by atoms with Crippen LogP contribution < -0.4 is 0 Å². The maximum atomic E-state index is 11.5. The highest BCUT2D eigenvalue weighted by molar-refractivity contribution is 5.78. The van der Waals surface area contributed by atoms with Crippen LogP contribution in [-0.2, 0) is 10.3 Å². The van der Waals surface area contributed by atoms with Crippen molar-refractivity contribution in [3.8, 4) is 11.4 Å². The van der Waals surface area contributed by atoms with Gasteiger partial charge in [0.25, 0.3) is 0 Å². The average molecular weight is 248 g/mol. The molecule has 0 spiro atoms. The van der Waals surface area contributed by atoms with E-state index in [1.54, 1.807) is 6.20 Å². The van der Waals surface area contributed by atoms with Gasteiger partial charge in [-0.05, 0) is 36.6 Å². The van der Waals surface area contributed by atoms with Crippen LogP contribution in [0.15, 0.2) is 6.20 Å². The van der Waals surface area contributed by atoms with Crippen LogP contribution in [0.4, 0.5) is 0 Å². The van der Waals surface area contributed by atoms with Gasteiger partial charge in [-0.15, -0.1) is 5.10 Å². The van der Waals surface area contributed by atoms with E-state index in [2.05, 4.69) is 25.7 Å². The second kappa shape index (κ2) is 3.62. The van der Waals surface area contributed by atoms with Gasteiger partial charge in [0.05, 0.1) is 11.8 Å². The van der Waals surface area contributed by atoms with Gasteiger partial charge in [0.15, 0.2) is 11.4 Å². The second-order valence-electron chi connectivity index (χ2n) is 4.51. The van der Waals surface area contributed by atoms with Gasteiger partial charge in [0.1, 0.15) is 0 Å². The molecule has 8 nitrogen and oxygen atoms in total. The van der Waals surface area contributed by atoms with Crippen LogP contribution in [-0.4, -0.2) is 41.5 Å². The molecule has 3 rings (SSSR count). The molecule has 0 amide bonds. The summed E-state index contributed by atoms with van der Waals surface area (Å²) >= 11 is 0. The molecule has 1 aliphatic rings. The molecule has 0 aliphatic heterocycles. The number of carboxylic acid groups (broad SMARTS) is 1. The summed E-state index contributed by atoms with van der Waals surface area (Å²) in [5, 5.41) is 27.5. The minimum atomic E-state index is -0.997. The number of tetrazole rings is 1. The molecule has 94 valence electrons. The van der Waals surface area contributed by atoms with E-state index >= 15 is 0 Å². The van der Waals surface area contributed by atoms with Crippen molar-refractivity contribution in [2.45, 2.75) is 31.7 Å². The Kier molecular flexibility index (Phi) is 2.19. The lowest BCUT2D eigenvalue weighted by atomic mass is 9.76. The molecule has 2 heterocycles. The smallest absolute Gasteiger partial charge is 0.331 e. The van der Waals surface area contributed by atoms with Gasteiger partial charge in [-0.1, -0.05) is 0 Å². The molecular weight excluding hydrogens is 236 g/mol. The summed E-state index contributed by atoms with van der Waals surface area (Å²) in [6.45, 7) is 1.84. The average Bonchev–Trinajstić information content (AvgIpc) is 2.84. The van der Waals surface area contributed by atoms with Crippen LogP contribution in [0.1, 0.15) is 25.0 Å². The number of aryl methyl sites for hydroxylation is 1. The molecule has 18 heavy (non-hydrogen) atoms. The number of nitrogens with one attached hydrogen (secondary N) is 1. The number of H-pyrrole nitrogens is 1. The Bertz CT molecular complexity index is 597. The first-order chi connectivity index (χ1) is 8.65. The van der Waals surface area contributed by atoms with Gasteiger partial charge in [-0.25, -0.2) is 9.48 Å². The molecule has 8 heteroatoms. The van der Waals surface area contributed by atoms with E-state index in [-0.39, 0.29) is 0 Å². The summed E-state index contributed by atoms with van der Waals surface area (Å²) in [4.78, 5) is 11.5. The fourth-order valence-corrected chi connectivity index (χ4v) is 2.25. The predicted octanol–water partition coefficient (Wildman–Crippen LogP) is 0.335. The van der Waals surface area contributed by atoms with Crippen LogP contribution in [0.2, 0.25) is 0 Å². The third-order valence-corrected chi connectivity index (χ3v) is 3.52. The number of aromatic nitrogens is 6. The summed E-state index contributed by atoms with van der Waals surface area (Å²) in [7, 11) is 0. The highest BCUT2D eigenvalue weighted by atomic mass is 16.4. The molecule has 2 N–H and O–H groups in total. The molecule has 0 aromatic carbocycles. The lowest BCUT2D eigenvalue weighted by Crippen LogP contribution is -2.48. The quantitative estimate of drug-likeness (QED) is 0.810. The van der Waals surface area contributed by atoms with Gasteiger partial charge in [0.2, 0.25) is 0 Å². The number of nitrogens with zero attached hydrogens (tertiary/aromatic N) is 5. The minimum Gasteiger partial charge on any atom is -0.479 e. The van der Waals surface area contributed by atoms with Gasteiger partial charge < -0.3 is 5.11 Å². The van der Waals surface area contributed by atoms with E-state index < -0.39 is 11.5 Å². The highest BCUT2D eigenvalue weighted by Gasteiger charge is 2.49. The summed E-state index contributed by atoms with van der Waals surface area (Å²) < 4.78 is 1.41. The monoisotopic (exact) mass is 248 g/mol. The Labute approximate surface area is 102 Å². The molecule has 0 radical (unpaired) electrons. The Morgan fingerprint density at radius 2 is 2.33 bits per heavy atom. The van der Waals surface area contributed by atoms with Gasteiger partial charge in [0, 0.05) is 5.69 Å². The molecule has 0 atom stereocenters. The summed E-state index contributed by atoms with van der Waals surface area (Å²) in [5.41, 5.74) is 0.543. The van der Waals surface area contributed by atoms with Crippen LogP contribution in [0, 0.1) is 6.92 Å². The summed E-state index contributed by atoms with van der Waals surface area (Å²) in [6, 6.07) is 0. The Morgan fingerprint density at radius 3 is 2.83 bits per heavy atom. The summed E-state index contributed by atoms with van der Waals surface area (Å²) in [5.74, 6) is -0.438. The normalized spacial score (nSPS) is 17.4. The van der Waals surface area contributed by atoms with Crippen LogP contribution in [0.5, 0.6) is 0 Å². The topological polar surface area (TPSA) is 110 Å². The van der Waals surface area contributed by atoms with Gasteiger partial charge in [-0.3, -0.25) is 5.10 Å². The lowest BCUT2D eigenvalue weighted by molar-refractivity contribution is -0.153. The van der Waals surface area contributed by atoms with E-state index in [0.717, 1.165) is 17.7 Å². The second-order valence-corrected chi connectivity index (χ2v) is 4.51. The zero-order valence-corrected chi connectivity index (χ0v) is 9.79.